The number of aryl methyl sites for hydroxylation is 1. The number of hydrogen-bond donors (Lipinski definition) is 2. The van der Waals surface area contributed by atoms with Crippen LogP contribution in [0, 0.1) is 5.41 Å². The van der Waals surface area contributed by atoms with E-state index < -0.39 is 5.41 Å². The van der Waals surface area contributed by atoms with E-state index in [1.54, 1.807) is 0 Å². The highest BCUT2D eigenvalue weighted by Crippen LogP contribution is 2.43. The number of benzene rings is 1. The Kier molecular flexibility index (Phi) is 3.23. The molecule has 1 aromatic carbocycles. The van der Waals surface area contributed by atoms with Gasteiger partial charge in [0.2, 0.25) is 5.91 Å². The maximum atomic E-state index is 12.0. The van der Waals surface area contributed by atoms with Gasteiger partial charge in [-0.25, -0.2) is 9.97 Å². The van der Waals surface area contributed by atoms with E-state index in [1.165, 1.54) is 0 Å². The Morgan fingerprint density at radius 1 is 1.29 bits per heavy atom. The summed E-state index contributed by atoms with van der Waals surface area (Å²) < 4.78 is 2.14. The topological polar surface area (TPSA) is 99.8 Å². The van der Waals surface area contributed by atoms with Gasteiger partial charge >= 0.3 is 0 Å². The molecule has 6 heteroatoms. The Labute approximate surface area is 139 Å². The third-order valence-corrected chi connectivity index (χ3v) is 5.30. The number of carbonyl (C=O) groups is 1. The average Bonchev–Trinajstić information content (AvgIpc) is 2.90. The number of hydrogen-bond acceptors (Lipinski definition) is 4. The number of para-hydroxylation sites is 1. The summed E-state index contributed by atoms with van der Waals surface area (Å²) >= 11 is 0. The summed E-state index contributed by atoms with van der Waals surface area (Å²) in [6.07, 6.45) is 3.48. The van der Waals surface area contributed by atoms with Crippen molar-refractivity contribution < 1.29 is 4.79 Å². The van der Waals surface area contributed by atoms with Gasteiger partial charge in [0.05, 0.1) is 16.4 Å². The molecule has 0 aliphatic heterocycles. The van der Waals surface area contributed by atoms with Crippen LogP contribution in [0.25, 0.3) is 21.9 Å². The van der Waals surface area contributed by atoms with Crippen LogP contribution >= 0.6 is 0 Å². The van der Waals surface area contributed by atoms with Gasteiger partial charge in [-0.3, -0.25) is 4.79 Å². The molecule has 1 saturated carbocycles. The molecule has 0 spiro atoms. The maximum absolute atomic E-state index is 12.0. The number of primary amides is 1. The average molecular weight is 323 g/mol. The highest BCUT2D eigenvalue weighted by molar-refractivity contribution is 6.06. The first-order chi connectivity index (χ1) is 11.6. The van der Waals surface area contributed by atoms with Crippen LogP contribution in [0.4, 0.5) is 5.82 Å². The highest BCUT2D eigenvalue weighted by atomic mass is 16.1. The summed E-state index contributed by atoms with van der Waals surface area (Å²) in [6.45, 7) is 2.62. The summed E-state index contributed by atoms with van der Waals surface area (Å²) in [5.41, 5.74) is 13.9. The standard InChI is InChI=1S/C18H21N5O/c1-2-13-22-14-15(11-6-3-4-7-12(11)21-16(14)19)23(13)10-18(17(20)24)8-5-9-18/h3-4,6-7H,2,5,8-10H2,1H3,(H2,19,21)(H2,20,24). The van der Waals surface area contributed by atoms with Crippen LogP contribution in [0.3, 0.4) is 0 Å². The minimum Gasteiger partial charge on any atom is -0.382 e. The summed E-state index contributed by atoms with van der Waals surface area (Å²) in [6, 6.07) is 7.90. The van der Waals surface area contributed by atoms with Crippen LogP contribution in [0.2, 0.25) is 0 Å². The fourth-order valence-electron chi connectivity index (χ4n) is 3.73. The minimum absolute atomic E-state index is 0.219. The molecular formula is C18H21N5O. The third-order valence-electron chi connectivity index (χ3n) is 5.30. The Hall–Kier alpha value is -2.63. The van der Waals surface area contributed by atoms with Gasteiger partial charge in [0.25, 0.3) is 0 Å². The molecule has 6 nitrogen and oxygen atoms in total. The number of amides is 1. The smallest absolute Gasteiger partial charge is 0.225 e. The Balaban J connectivity index is 2.01. The van der Waals surface area contributed by atoms with Crippen molar-refractivity contribution in [3.63, 3.8) is 0 Å². The van der Waals surface area contributed by atoms with E-state index in [4.69, 9.17) is 16.5 Å². The number of imidazole rings is 1. The number of nitrogens with two attached hydrogens (primary N) is 2. The zero-order valence-electron chi connectivity index (χ0n) is 13.7. The second kappa shape index (κ2) is 5.19. The molecule has 2 heterocycles. The van der Waals surface area contributed by atoms with E-state index in [0.29, 0.717) is 17.9 Å². The molecule has 0 unspecified atom stereocenters. The van der Waals surface area contributed by atoms with Gasteiger partial charge in [-0.15, -0.1) is 0 Å². The van der Waals surface area contributed by atoms with Crippen LogP contribution in [-0.4, -0.2) is 20.4 Å². The van der Waals surface area contributed by atoms with Gasteiger partial charge in [-0.1, -0.05) is 31.5 Å². The van der Waals surface area contributed by atoms with Crippen molar-refractivity contribution >= 4 is 33.7 Å². The molecule has 0 bridgehead atoms. The molecule has 1 amide bonds. The lowest BCUT2D eigenvalue weighted by Gasteiger charge is -2.39. The van der Waals surface area contributed by atoms with Crippen LogP contribution in [0.15, 0.2) is 24.3 Å². The molecule has 0 saturated heterocycles. The molecule has 0 atom stereocenters. The number of anilines is 1. The van der Waals surface area contributed by atoms with Crippen LogP contribution in [-0.2, 0) is 17.8 Å². The van der Waals surface area contributed by atoms with E-state index in [9.17, 15) is 4.79 Å². The predicted molar refractivity (Wildman–Crippen MR) is 94.3 cm³/mol. The van der Waals surface area contributed by atoms with Crippen LogP contribution in [0.5, 0.6) is 0 Å². The van der Waals surface area contributed by atoms with Gasteiger partial charge in [-0.05, 0) is 18.9 Å². The fourth-order valence-corrected chi connectivity index (χ4v) is 3.73. The van der Waals surface area contributed by atoms with Gasteiger partial charge in [0.1, 0.15) is 11.3 Å². The predicted octanol–water partition coefficient (Wildman–Crippen LogP) is 2.38. The monoisotopic (exact) mass is 323 g/mol. The van der Waals surface area contributed by atoms with E-state index in [0.717, 1.165) is 47.9 Å². The molecule has 3 aromatic rings. The van der Waals surface area contributed by atoms with E-state index in [1.807, 2.05) is 24.3 Å². The second-order valence-corrected chi connectivity index (χ2v) is 6.68. The Morgan fingerprint density at radius 3 is 2.67 bits per heavy atom. The normalized spacial score (nSPS) is 16.4. The van der Waals surface area contributed by atoms with E-state index in [-0.39, 0.29) is 5.91 Å². The molecule has 2 aromatic heterocycles. The summed E-state index contributed by atoms with van der Waals surface area (Å²) in [7, 11) is 0. The van der Waals surface area contributed by atoms with Crippen molar-refractivity contribution in [2.75, 3.05) is 5.73 Å². The van der Waals surface area contributed by atoms with Crippen LogP contribution < -0.4 is 11.5 Å². The SMILES string of the molecule is CCc1nc2c(N)nc3ccccc3c2n1CC1(C(N)=O)CCC1. The van der Waals surface area contributed by atoms with Crippen molar-refractivity contribution in [1.82, 2.24) is 14.5 Å². The van der Waals surface area contributed by atoms with Gasteiger partial charge in [-0.2, -0.15) is 0 Å². The van der Waals surface area contributed by atoms with E-state index in [2.05, 4.69) is 16.5 Å². The molecule has 4 rings (SSSR count). The highest BCUT2D eigenvalue weighted by Gasteiger charge is 2.43. The van der Waals surface area contributed by atoms with Crippen molar-refractivity contribution in [3.05, 3.63) is 30.1 Å². The molecule has 1 aliphatic rings. The minimum atomic E-state index is -0.462. The lowest BCUT2D eigenvalue weighted by Crippen LogP contribution is -2.46. The maximum Gasteiger partial charge on any atom is 0.225 e. The van der Waals surface area contributed by atoms with Crippen molar-refractivity contribution in [3.8, 4) is 0 Å². The number of fused-ring (bicyclic) bond motifs is 3. The zero-order valence-corrected chi connectivity index (χ0v) is 13.7. The second-order valence-electron chi connectivity index (χ2n) is 6.68. The summed E-state index contributed by atoms with van der Waals surface area (Å²) in [5.74, 6) is 1.13. The van der Waals surface area contributed by atoms with Gasteiger partial charge < -0.3 is 16.0 Å². The molecular weight excluding hydrogens is 302 g/mol. The molecule has 24 heavy (non-hydrogen) atoms. The zero-order chi connectivity index (χ0) is 16.9. The Bertz CT molecular complexity index is 955. The van der Waals surface area contributed by atoms with E-state index >= 15 is 0 Å². The lowest BCUT2D eigenvalue weighted by atomic mass is 9.68. The number of pyridine rings is 1. The number of carbonyl (C=O) groups excluding carboxylic acids is 1. The quantitative estimate of drug-likeness (QED) is 0.770. The summed E-state index contributed by atoms with van der Waals surface area (Å²) in [4.78, 5) is 21.2. The largest absolute Gasteiger partial charge is 0.382 e. The lowest BCUT2D eigenvalue weighted by molar-refractivity contribution is -0.133. The third kappa shape index (κ3) is 1.99. The van der Waals surface area contributed by atoms with Crippen molar-refractivity contribution in [2.24, 2.45) is 11.1 Å². The first-order valence-corrected chi connectivity index (χ1v) is 8.39. The van der Waals surface area contributed by atoms with Gasteiger partial charge in [0, 0.05) is 18.4 Å². The molecule has 4 N–H and O–H groups in total. The molecule has 1 aliphatic carbocycles. The van der Waals surface area contributed by atoms with Crippen molar-refractivity contribution in [2.45, 2.75) is 39.2 Å². The number of aromatic nitrogens is 3. The molecule has 1 fully saturated rings. The van der Waals surface area contributed by atoms with Crippen molar-refractivity contribution in [1.29, 1.82) is 0 Å². The fraction of sp³-hybridized carbons (Fsp3) is 0.389. The summed E-state index contributed by atoms with van der Waals surface area (Å²) in [5, 5.41) is 1.01. The first kappa shape index (κ1) is 14.9. The Morgan fingerprint density at radius 2 is 2.04 bits per heavy atom. The first-order valence-electron chi connectivity index (χ1n) is 8.39. The number of rotatable bonds is 4. The molecule has 0 radical (unpaired) electrons. The van der Waals surface area contributed by atoms with Crippen LogP contribution in [0.1, 0.15) is 32.0 Å². The number of nitrogen functional groups attached to an aromatic ring is 1. The number of nitrogens with zero attached hydrogens (tertiary/aromatic N) is 3. The molecule has 124 valence electrons. The van der Waals surface area contributed by atoms with Gasteiger partial charge in [0.15, 0.2) is 5.82 Å².